The van der Waals surface area contributed by atoms with Gasteiger partial charge in [0.05, 0.1) is 0 Å². The van der Waals surface area contributed by atoms with Crippen molar-refractivity contribution in [3.05, 3.63) is 41.0 Å². The second-order valence-corrected chi connectivity index (χ2v) is 2.98. The van der Waals surface area contributed by atoms with Crippen molar-refractivity contribution >= 4 is 12.1 Å². The number of hydrogen-bond acceptors (Lipinski definition) is 1. The molecule has 0 N–H and O–H groups in total. The first kappa shape index (κ1) is 9.65. The molecule has 0 saturated carbocycles. The third-order valence-corrected chi connectivity index (χ3v) is 1.83. The topological polar surface area (TPSA) is 17.1 Å². The van der Waals surface area contributed by atoms with E-state index in [0.29, 0.717) is 11.8 Å². The molecule has 1 rings (SSSR count). The monoisotopic (exact) mass is 178 g/mol. The summed E-state index contributed by atoms with van der Waals surface area (Å²) in [5.74, 6) is -0.449. The van der Waals surface area contributed by atoms with Crippen LogP contribution in [0.3, 0.4) is 0 Å². The third-order valence-electron chi connectivity index (χ3n) is 1.83. The van der Waals surface area contributed by atoms with E-state index in [1.165, 1.54) is 6.92 Å². The number of carbonyl (C=O) groups excluding carboxylic acids is 1. The molecule has 2 heteroatoms. The Kier molecular flexibility index (Phi) is 2.96. The summed E-state index contributed by atoms with van der Waals surface area (Å²) >= 11 is 0. The minimum Gasteiger partial charge on any atom is -0.298 e. The Labute approximate surface area is 76.9 Å². The minimum absolute atomic E-state index is 0.129. The average molecular weight is 178 g/mol. The fourth-order valence-electron chi connectivity index (χ4n) is 0.979. The van der Waals surface area contributed by atoms with Gasteiger partial charge in [-0.15, -0.1) is 0 Å². The Balaban J connectivity index is 3.09. The van der Waals surface area contributed by atoms with Gasteiger partial charge in [0.2, 0.25) is 0 Å². The molecule has 0 bridgehead atoms. The summed E-state index contributed by atoms with van der Waals surface area (Å²) in [5.41, 5.74) is 1.65. The summed E-state index contributed by atoms with van der Waals surface area (Å²) in [4.78, 5) is 10.3. The van der Waals surface area contributed by atoms with Crippen molar-refractivity contribution in [2.24, 2.45) is 0 Å². The van der Waals surface area contributed by atoms with Crippen LogP contribution < -0.4 is 0 Å². The second-order valence-electron chi connectivity index (χ2n) is 2.98. The molecule has 0 aliphatic carbocycles. The lowest BCUT2D eigenvalue weighted by Gasteiger charge is -1.99. The molecule has 0 heterocycles. The Morgan fingerprint density at radius 1 is 1.31 bits per heavy atom. The zero-order valence-corrected chi connectivity index (χ0v) is 7.67. The summed E-state index contributed by atoms with van der Waals surface area (Å²) in [6, 6.07) is 6.95. The van der Waals surface area contributed by atoms with Crippen LogP contribution in [0.4, 0.5) is 4.39 Å². The quantitative estimate of drug-likeness (QED) is 0.502. The predicted octanol–water partition coefficient (Wildman–Crippen LogP) is 2.89. The van der Waals surface area contributed by atoms with Crippen LogP contribution in [0.15, 0.2) is 29.8 Å². The standard InChI is InChI=1S/C11H11FO/c1-8-3-5-10(6-4-8)11(12)9(2)7-13/h3-7H,1-2H3/b11-9-. The molecule has 0 fully saturated rings. The van der Waals surface area contributed by atoms with E-state index in [4.69, 9.17) is 0 Å². The number of hydrogen-bond donors (Lipinski definition) is 0. The van der Waals surface area contributed by atoms with Gasteiger partial charge in [-0.1, -0.05) is 29.8 Å². The Morgan fingerprint density at radius 2 is 1.85 bits per heavy atom. The van der Waals surface area contributed by atoms with Gasteiger partial charge in [0.1, 0.15) is 12.1 Å². The van der Waals surface area contributed by atoms with Gasteiger partial charge in [-0.05, 0) is 13.8 Å². The molecule has 0 aromatic heterocycles. The maximum absolute atomic E-state index is 13.3. The van der Waals surface area contributed by atoms with Gasteiger partial charge in [-0.2, -0.15) is 0 Å². The molecule has 0 aliphatic rings. The molecule has 1 aromatic carbocycles. The number of benzene rings is 1. The molecule has 0 amide bonds. The van der Waals surface area contributed by atoms with E-state index in [2.05, 4.69) is 0 Å². The van der Waals surface area contributed by atoms with E-state index in [0.717, 1.165) is 5.56 Å². The fourth-order valence-corrected chi connectivity index (χ4v) is 0.979. The van der Waals surface area contributed by atoms with E-state index in [-0.39, 0.29) is 5.57 Å². The maximum Gasteiger partial charge on any atom is 0.148 e. The van der Waals surface area contributed by atoms with Crippen LogP contribution in [0.2, 0.25) is 0 Å². The first-order valence-electron chi connectivity index (χ1n) is 4.03. The highest BCUT2D eigenvalue weighted by molar-refractivity contribution is 5.84. The zero-order chi connectivity index (χ0) is 9.84. The van der Waals surface area contributed by atoms with Crippen LogP contribution in [-0.2, 0) is 4.79 Å². The number of aldehydes is 1. The molecule has 13 heavy (non-hydrogen) atoms. The van der Waals surface area contributed by atoms with Crippen molar-refractivity contribution in [1.29, 1.82) is 0 Å². The molecule has 0 aliphatic heterocycles. The van der Waals surface area contributed by atoms with Crippen molar-refractivity contribution in [3.63, 3.8) is 0 Å². The molecule has 1 nitrogen and oxygen atoms in total. The van der Waals surface area contributed by atoms with Gasteiger partial charge in [-0.25, -0.2) is 4.39 Å². The van der Waals surface area contributed by atoms with Crippen molar-refractivity contribution < 1.29 is 9.18 Å². The van der Waals surface area contributed by atoms with Gasteiger partial charge >= 0.3 is 0 Å². The molecule has 0 saturated heterocycles. The van der Waals surface area contributed by atoms with Gasteiger partial charge in [0.25, 0.3) is 0 Å². The highest BCUT2D eigenvalue weighted by Gasteiger charge is 2.03. The van der Waals surface area contributed by atoms with E-state index in [1.54, 1.807) is 12.1 Å². The first-order chi connectivity index (χ1) is 6.15. The van der Waals surface area contributed by atoms with E-state index < -0.39 is 5.83 Å². The molecule has 0 radical (unpaired) electrons. The van der Waals surface area contributed by atoms with Crippen LogP contribution in [0.5, 0.6) is 0 Å². The number of rotatable bonds is 2. The normalized spacial score (nSPS) is 12.2. The summed E-state index contributed by atoms with van der Waals surface area (Å²) in [7, 11) is 0. The number of allylic oxidation sites excluding steroid dienone is 1. The van der Waals surface area contributed by atoms with Crippen LogP contribution in [0.1, 0.15) is 18.1 Å². The lowest BCUT2D eigenvalue weighted by Crippen LogP contribution is -1.85. The van der Waals surface area contributed by atoms with Crippen LogP contribution in [-0.4, -0.2) is 6.29 Å². The van der Waals surface area contributed by atoms with Gasteiger partial charge < -0.3 is 0 Å². The van der Waals surface area contributed by atoms with Gasteiger partial charge in [-0.3, -0.25) is 4.79 Å². The van der Waals surface area contributed by atoms with Crippen LogP contribution in [0.25, 0.3) is 5.83 Å². The second kappa shape index (κ2) is 3.99. The minimum atomic E-state index is -0.449. The smallest absolute Gasteiger partial charge is 0.148 e. The van der Waals surface area contributed by atoms with Crippen molar-refractivity contribution in [3.8, 4) is 0 Å². The molecular formula is C11H11FO. The van der Waals surface area contributed by atoms with Crippen LogP contribution >= 0.6 is 0 Å². The van der Waals surface area contributed by atoms with Crippen LogP contribution in [0, 0.1) is 6.92 Å². The number of aryl methyl sites for hydroxylation is 1. The van der Waals surface area contributed by atoms with E-state index in [1.807, 2.05) is 19.1 Å². The van der Waals surface area contributed by atoms with E-state index in [9.17, 15) is 9.18 Å². The van der Waals surface area contributed by atoms with E-state index >= 15 is 0 Å². The summed E-state index contributed by atoms with van der Waals surface area (Å²) < 4.78 is 13.3. The number of carbonyl (C=O) groups is 1. The van der Waals surface area contributed by atoms with Crippen molar-refractivity contribution in [2.75, 3.05) is 0 Å². The molecule has 0 atom stereocenters. The lowest BCUT2D eigenvalue weighted by atomic mass is 10.1. The van der Waals surface area contributed by atoms with Gasteiger partial charge in [0, 0.05) is 11.1 Å². The molecule has 1 aromatic rings. The highest BCUT2D eigenvalue weighted by Crippen LogP contribution is 2.19. The van der Waals surface area contributed by atoms with Crippen molar-refractivity contribution in [2.45, 2.75) is 13.8 Å². The largest absolute Gasteiger partial charge is 0.298 e. The highest BCUT2D eigenvalue weighted by atomic mass is 19.1. The molecule has 68 valence electrons. The Bertz CT molecular complexity index is 336. The Morgan fingerprint density at radius 3 is 2.31 bits per heavy atom. The fraction of sp³-hybridized carbons (Fsp3) is 0.182. The predicted molar refractivity (Wildman–Crippen MR) is 50.9 cm³/mol. The summed E-state index contributed by atoms with van der Waals surface area (Å²) in [6.45, 7) is 3.39. The van der Waals surface area contributed by atoms with Crippen molar-refractivity contribution in [1.82, 2.24) is 0 Å². The average Bonchev–Trinajstić information content (AvgIpc) is 2.17. The summed E-state index contributed by atoms with van der Waals surface area (Å²) in [6.07, 6.45) is 0.523. The van der Waals surface area contributed by atoms with Gasteiger partial charge in [0.15, 0.2) is 0 Å². The maximum atomic E-state index is 13.3. The molecular weight excluding hydrogens is 167 g/mol. The molecule has 0 spiro atoms. The number of halogens is 1. The first-order valence-corrected chi connectivity index (χ1v) is 4.03. The summed E-state index contributed by atoms with van der Waals surface area (Å²) in [5, 5.41) is 0. The zero-order valence-electron chi connectivity index (χ0n) is 7.67. The Hall–Kier alpha value is -1.44. The SMILES string of the molecule is C/C(C=O)=C(/F)c1ccc(C)cc1. The molecule has 0 unspecified atom stereocenters. The third kappa shape index (κ3) is 2.25. The lowest BCUT2D eigenvalue weighted by molar-refractivity contribution is -0.104.